The van der Waals surface area contributed by atoms with Gasteiger partial charge in [-0.2, -0.15) is 5.10 Å². The zero-order valence-corrected chi connectivity index (χ0v) is 17.3. The molecule has 0 aliphatic carbocycles. The van der Waals surface area contributed by atoms with Crippen LogP contribution in [0.15, 0.2) is 71.7 Å². The van der Waals surface area contributed by atoms with Gasteiger partial charge >= 0.3 is 0 Å². The zero-order chi connectivity index (χ0) is 20.9. The van der Waals surface area contributed by atoms with Crippen molar-refractivity contribution in [2.75, 3.05) is 0 Å². The number of hydrogen-bond acceptors (Lipinski definition) is 4. The maximum atomic E-state index is 11.9. The highest BCUT2D eigenvalue weighted by atomic mass is 35.5. The number of H-pyrrole nitrogens is 2. The number of aryl methyl sites for hydroxylation is 1. The van der Waals surface area contributed by atoms with Crippen LogP contribution in [0, 0.1) is 6.92 Å². The van der Waals surface area contributed by atoms with Gasteiger partial charge in [-0.15, -0.1) is 0 Å². The van der Waals surface area contributed by atoms with Gasteiger partial charge < -0.3 is 10.3 Å². The Balaban J connectivity index is 1.59. The highest BCUT2D eigenvalue weighted by Crippen LogP contribution is 2.24. The topological polar surface area (TPSA) is 86.5 Å². The second kappa shape index (κ2) is 9.07. The summed E-state index contributed by atoms with van der Waals surface area (Å²) in [6, 6.07) is 19.3. The van der Waals surface area contributed by atoms with E-state index in [9.17, 15) is 4.79 Å². The first-order valence-corrected chi connectivity index (χ1v) is 10.1. The van der Waals surface area contributed by atoms with Crippen molar-refractivity contribution in [2.24, 2.45) is 0 Å². The summed E-state index contributed by atoms with van der Waals surface area (Å²) < 4.78 is 0. The van der Waals surface area contributed by atoms with Gasteiger partial charge in [0, 0.05) is 41.4 Å². The maximum absolute atomic E-state index is 11.9. The Labute approximate surface area is 179 Å². The van der Waals surface area contributed by atoms with Gasteiger partial charge in [0.2, 0.25) is 0 Å². The van der Waals surface area contributed by atoms with Crippen LogP contribution in [-0.4, -0.2) is 20.2 Å². The number of hydrogen-bond donors (Lipinski definition) is 3. The normalized spacial score (nSPS) is 12.1. The average molecular weight is 420 g/mol. The van der Waals surface area contributed by atoms with Crippen molar-refractivity contribution in [3.63, 3.8) is 0 Å². The summed E-state index contributed by atoms with van der Waals surface area (Å²) in [4.78, 5) is 19.1. The molecule has 3 N–H and O–H groups in total. The number of aromatic nitrogens is 4. The molecule has 0 aliphatic heterocycles. The first-order chi connectivity index (χ1) is 14.6. The number of nitrogens with one attached hydrogen (secondary N) is 3. The molecule has 0 spiro atoms. The molecule has 0 aliphatic rings. The second-order valence-electron chi connectivity index (χ2n) is 7.15. The van der Waals surface area contributed by atoms with Gasteiger partial charge in [0.1, 0.15) is 5.82 Å². The lowest BCUT2D eigenvalue weighted by Gasteiger charge is -2.19. The highest BCUT2D eigenvalue weighted by Gasteiger charge is 2.16. The molecule has 0 saturated heterocycles. The van der Waals surface area contributed by atoms with E-state index in [1.165, 1.54) is 0 Å². The molecule has 0 unspecified atom stereocenters. The number of halogens is 1. The van der Waals surface area contributed by atoms with Crippen LogP contribution in [0.5, 0.6) is 0 Å². The quantitative estimate of drug-likeness (QED) is 0.419. The van der Waals surface area contributed by atoms with E-state index in [0.29, 0.717) is 23.8 Å². The van der Waals surface area contributed by atoms with Crippen molar-refractivity contribution in [1.82, 2.24) is 25.5 Å². The van der Waals surface area contributed by atoms with Gasteiger partial charge in [-0.25, -0.2) is 4.98 Å². The van der Waals surface area contributed by atoms with Gasteiger partial charge in [0.25, 0.3) is 5.56 Å². The predicted molar refractivity (Wildman–Crippen MR) is 118 cm³/mol. The van der Waals surface area contributed by atoms with E-state index in [2.05, 4.69) is 37.6 Å². The Bertz CT molecular complexity index is 1170. The molecule has 30 heavy (non-hydrogen) atoms. The number of benzene rings is 2. The van der Waals surface area contributed by atoms with E-state index in [0.717, 1.165) is 28.1 Å². The Morgan fingerprint density at radius 1 is 1.10 bits per heavy atom. The molecule has 4 rings (SSSR count). The minimum absolute atomic E-state index is 0.0468. The molecule has 0 bridgehead atoms. The molecule has 7 heteroatoms. The largest absolute Gasteiger partial charge is 0.311 e. The van der Waals surface area contributed by atoms with Crippen molar-refractivity contribution in [3.8, 4) is 11.3 Å². The zero-order valence-electron chi connectivity index (χ0n) is 16.5. The molecule has 2 aromatic carbocycles. The molecule has 152 valence electrons. The van der Waals surface area contributed by atoms with Crippen LogP contribution in [0.3, 0.4) is 0 Å². The maximum Gasteiger partial charge on any atom is 0.251 e. The molecule has 1 atom stereocenters. The summed E-state index contributed by atoms with van der Waals surface area (Å²) >= 11 is 6.07. The van der Waals surface area contributed by atoms with Crippen LogP contribution in [-0.2, 0) is 13.0 Å². The first kappa shape index (κ1) is 20.1. The second-order valence-corrected chi connectivity index (χ2v) is 7.58. The average Bonchev–Trinajstić information content (AvgIpc) is 3.20. The van der Waals surface area contributed by atoms with Gasteiger partial charge in [-0.3, -0.25) is 9.89 Å². The van der Waals surface area contributed by atoms with Crippen molar-refractivity contribution >= 4 is 11.6 Å². The number of rotatable bonds is 7. The fraction of sp³-hybridized carbons (Fsp3) is 0.174. The van der Waals surface area contributed by atoms with Crippen molar-refractivity contribution in [1.29, 1.82) is 0 Å². The fourth-order valence-electron chi connectivity index (χ4n) is 3.49. The third-order valence-electron chi connectivity index (χ3n) is 4.92. The molecule has 0 saturated carbocycles. The molecule has 2 heterocycles. The van der Waals surface area contributed by atoms with Crippen LogP contribution in [0.1, 0.15) is 28.7 Å². The molecule has 2 aromatic heterocycles. The van der Waals surface area contributed by atoms with Gasteiger partial charge in [0.15, 0.2) is 0 Å². The first-order valence-electron chi connectivity index (χ1n) is 9.72. The Morgan fingerprint density at radius 3 is 2.60 bits per heavy atom. The van der Waals surface area contributed by atoms with E-state index in [1.807, 2.05) is 48.7 Å². The molecule has 0 radical (unpaired) electrons. The Kier molecular flexibility index (Phi) is 6.07. The lowest BCUT2D eigenvalue weighted by Crippen LogP contribution is -2.24. The minimum atomic E-state index is -0.145. The summed E-state index contributed by atoms with van der Waals surface area (Å²) in [7, 11) is 0. The van der Waals surface area contributed by atoms with E-state index in [-0.39, 0.29) is 11.6 Å². The molecular weight excluding hydrogens is 398 g/mol. The summed E-state index contributed by atoms with van der Waals surface area (Å²) in [6.45, 7) is 2.39. The van der Waals surface area contributed by atoms with E-state index in [4.69, 9.17) is 11.6 Å². The monoisotopic (exact) mass is 419 g/mol. The van der Waals surface area contributed by atoms with Crippen molar-refractivity contribution in [3.05, 3.63) is 105 Å². The summed E-state index contributed by atoms with van der Waals surface area (Å²) in [5.41, 5.74) is 4.80. The lowest BCUT2D eigenvalue weighted by molar-refractivity contribution is 0.524. The van der Waals surface area contributed by atoms with Gasteiger partial charge in [-0.1, -0.05) is 54.1 Å². The van der Waals surface area contributed by atoms with E-state index >= 15 is 0 Å². The van der Waals surface area contributed by atoms with E-state index < -0.39 is 0 Å². The highest BCUT2D eigenvalue weighted by molar-refractivity contribution is 6.30. The number of aromatic amines is 2. The molecule has 4 aromatic rings. The standard InChI is InChI=1S/C23H22ClN5O/c1-15-27-20(12-22(30)28-15)11-21(16-7-9-19(24)10-8-16)25-13-18-14-26-29-23(18)17-5-3-2-4-6-17/h2-10,12,14,21,25H,11,13H2,1H3,(H,26,29)(H,27,28,30)/t21-/m0/s1. The minimum Gasteiger partial charge on any atom is -0.311 e. The Hall–Kier alpha value is -3.22. The van der Waals surface area contributed by atoms with Crippen LogP contribution < -0.4 is 10.9 Å². The van der Waals surface area contributed by atoms with Gasteiger partial charge in [-0.05, 0) is 30.2 Å². The third kappa shape index (κ3) is 4.84. The summed E-state index contributed by atoms with van der Waals surface area (Å²) in [6.07, 6.45) is 2.41. The van der Waals surface area contributed by atoms with Crippen molar-refractivity contribution in [2.45, 2.75) is 25.9 Å². The third-order valence-corrected chi connectivity index (χ3v) is 5.17. The van der Waals surface area contributed by atoms with Gasteiger partial charge in [0.05, 0.1) is 11.9 Å². The van der Waals surface area contributed by atoms with Crippen LogP contribution in [0.25, 0.3) is 11.3 Å². The van der Waals surface area contributed by atoms with Crippen LogP contribution >= 0.6 is 11.6 Å². The van der Waals surface area contributed by atoms with E-state index in [1.54, 1.807) is 13.0 Å². The lowest BCUT2D eigenvalue weighted by atomic mass is 10.0. The van der Waals surface area contributed by atoms with Crippen LogP contribution in [0.4, 0.5) is 0 Å². The van der Waals surface area contributed by atoms with Crippen LogP contribution in [0.2, 0.25) is 5.02 Å². The molecule has 0 fully saturated rings. The number of nitrogens with zero attached hydrogens (tertiary/aromatic N) is 2. The Morgan fingerprint density at radius 2 is 1.87 bits per heavy atom. The summed E-state index contributed by atoms with van der Waals surface area (Å²) in [5, 5.41) is 11.6. The fourth-order valence-corrected chi connectivity index (χ4v) is 3.62. The SMILES string of the molecule is Cc1nc(C[C@H](NCc2cn[nH]c2-c2ccccc2)c2ccc(Cl)cc2)cc(=O)[nH]1. The summed E-state index contributed by atoms with van der Waals surface area (Å²) in [5.74, 6) is 0.605. The molecule has 0 amide bonds. The van der Waals surface area contributed by atoms with Crippen molar-refractivity contribution < 1.29 is 0 Å². The smallest absolute Gasteiger partial charge is 0.251 e. The molecular formula is C23H22ClN5O. The molecule has 6 nitrogen and oxygen atoms in total. The predicted octanol–water partition coefficient (Wildman–Crippen LogP) is 4.20.